The van der Waals surface area contributed by atoms with Crippen molar-refractivity contribution in [2.75, 3.05) is 39.8 Å². The molecule has 2 rings (SSSR count). The molecule has 2 heteroatoms. The molecule has 84 valence electrons. The zero-order valence-electron chi connectivity index (χ0n) is 10.00. The van der Waals surface area contributed by atoms with Crippen LogP contribution in [0.2, 0.25) is 0 Å². The van der Waals surface area contributed by atoms with Crippen LogP contribution in [0.5, 0.6) is 0 Å². The van der Waals surface area contributed by atoms with Gasteiger partial charge in [0.25, 0.3) is 0 Å². The zero-order chi connectivity index (χ0) is 10.7. The third kappa shape index (κ3) is 2.96. The highest BCUT2D eigenvalue weighted by atomic mass is 15.2. The SMILES string of the molecule is CC#CC1CCN(CC2CN(C)C2)CC1. The molecule has 0 atom stereocenters. The van der Waals surface area contributed by atoms with E-state index in [1.54, 1.807) is 0 Å². The Morgan fingerprint density at radius 1 is 1.20 bits per heavy atom. The molecule has 0 unspecified atom stereocenters. The van der Waals surface area contributed by atoms with Crippen LogP contribution in [0.3, 0.4) is 0 Å². The maximum Gasteiger partial charge on any atom is 0.0227 e. The molecule has 2 heterocycles. The first-order valence-electron chi connectivity index (χ1n) is 6.11. The summed E-state index contributed by atoms with van der Waals surface area (Å²) in [7, 11) is 2.21. The molecule has 0 radical (unpaired) electrons. The van der Waals surface area contributed by atoms with Gasteiger partial charge >= 0.3 is 0 Å². The van der Waals surface area contributed by atoms with E-state index in [1.165, 1.54) is 45.6 Å². The molecule has 0 spiro atoms. The van der Waals surface area contributed by atoms with Gasteiger partial charge in [-0.25, -0.2) is 0 Å². The van der Waals surface area contributed by atoms with E-state index < -0.39 is 0 Å². The highest BCUT2D eigenvalue weighted by molar-refractivity contribution is 5.02. The summed E-state index contributed by atoms with van der Waals surface area (Å²) in [5.74, 6) is 7.96. The zero-order valence-corrected chi connectivity index (χ0v) is 10.00. The van der Waals surface area contributed by atoms with E-state index in [2.05, 4.69) is 28.7 Å². The summed E-state index contributed by atoms with van der Waals surface area (Å²) in [6.45, 7) is 8.40. The van der Waals surface area contributed by atoms with Crippen LogP contribution in [0, 0.1) is 23.7 Å². The van der Waals surface area contributed by atoms with Crippen LogP contribution in [0.15, 0.2) is 0 Å². The molecule has 2 saturated heterocycles. The monoisotopic (exact) mass is 206 g/mol. The summed E-state index contributed by atoms with van der Waals surface area (Å²) < 4.78 is 0. The van der Waals surface area contributed by atoms with Crippen molar-refractivity contribution in [2.24, 2.45) is 11.8 Å². The predicted octanol–water partition coefficient (Wildman–Crippen LogP) is 1.28. The summed E-state index contributed by atoms with van der Waals surface area (Å²) in [6.07, 6.45) is 2.56. The van der Waals surface area contributed by atoms with Gasteiger partial charge in [-0.15, -0.1) is 11.8 Å². The first-order valence-corrected chi connectivity index (χ1v) is 6.11. The van der Waals surface area contributed by atoms with Gasteiger partial charge in [-0.1, -0.05) is 0 Å². The van der Waals surface area contributed by atoms with Crippen LogP contribution >= 0.6 is 0 Å². The second kappa shape index (κ2) is 5.01. The maximum absolute atomic E-state index is 3.31. The van der Waals surface area contributed by atoms with Crippen molar-refractivity contribution in [3.05, 3.63) is 0 Å². The standard InChI is InChI=1S/C13H22N2/c1-3-4-12-5-7-15(8-6-12)11-13-9-14(2)10-13/h12-13H,5-11H2,1-2H3. The van der Waals surface area contributed by atoms with E-state index in [1.807, 2.05) is 6.92 Å². The van der Waals surface area contributed by atoms with Crippen molar-refractivity contribution in [1.29, 1.82) is 0 Å². The van der Waals surface area contributed by atoms with Gasteiger partial charge in [0.2, 0.25) is 0 Å². The summed E-state index contributed by atoms with van der Waals surface area (Å²) in [6, 6.07) is 0. The molecule has 0 aliphatic carbocycles. The number of nitrogens with zero attached hydrogens (tertiary/aromatic N) is 2. The second-order valence-corrected chi connectivity index (χ2v) is 5.06. The molecule has 0 aromatic carbocycles. The Balaban J connectivity index is 1.66. The minimum Gasteiger partial charge on any atom is -0.306 e. The minimum atomic E-state index is 0.676. The van der Waals surface area contributed by atoms with Gasteiger partial charge in [-0.3, -0.25) is 0 Å². The molecule has 0 saturated carbocycles. The highest BCUT2D eigenvalue weighted by Gasteiger charge is 2.26. The summed E-state index contributed by atoms with van der Waals surface area (Å²) >= 11 is 0. The molecule has 0 aromatic rings. The van der Waals surface area contributed by atoms with Gasteiger partial charge in [0.15, 0.2) is 0 Å². The Kier molecular flexibility index (Phi) is 3.66. The van der Waals surface area contributed by atoms with Crippen molar-refractivity contribution in [3.8, 4) is 11.8 Å². The summed E-state index contributed by atoms with van der Waals surface area (Å²) in [5.41, 5.74) is 0. The topological polar surface area (TPSA) is 6.48 Å². The van der Waals surface area contributed by atoms with Gasteiger partial charge < -0.3 is 9.80 Å². The van der Waals surface area contributed by atoms with Crippen LogP contribution in [0.4, 0.5) is 0 Å². The Morgan fingerprint density at radius 2 is 1.87 bits per heavy atom. The van der Waals surface area contributed by atoms with E-state index in [0.717, 1.165) is 5.92 Å². The van der Waals surface area contributed by atoms with Gasteiger partial charge in [0, 0.05) is 25.6 Å². The second-order valence-electron chi connectivity index (χ2n) is 5.06. The van der Waals surface area contributed by atoms with E-state index in [0.29, 0.717) is 5.92 Å². The fraction of sp³-hybridized carbons (Fsp3) is 0.846. The molecular weight excluding hydrogens is 184 g/mol. The fourth-order valence-electron chi connectivity index (χ4n) is 2.77. The largest absolute Gasteiger partial charge is 0.306 e. The van der Waals surface area contributed by atoms with Gasteiger partial charge in [0.1, 0.15) is 0 Å². The third-order valence-electron chi connectivity index (χ3n) is 3.59. The molecule has 0 aromatic heterocycles. The Morgan fingerprint density at radius 3 is 2.40 bits per heavy atom. The fourth-order valence-corrected chi connectivity index (χ4v) is 2.77. The number of hydrogen-bond acceptors (Lipinski definition) is 2. The van der Waals surface area contributed by atoms with Crippen LogP contribution in [0.1, 0.15) is 19.8 Å². The van der Waals surface area contributed by atoms with Crippen molar-refractivity contribution < 1.29 is 0 Å². The molecule has 0 amide bonds. The first-order chi connectivity index (χ1) is 7.28. The third-order valence-corrected chi connectivity index (χ3v) is 3.59. The summed E-state index contributed by atoms with van der Waals surface area (Å²) in [4.78, 5) is 5.03. The van der Waals surface area contributed by atoms with E-state index in [4.69, 9.17) is 0 Å². The van der Waals surface area contributed by atoms with Gasteiger partial charge in [0.05, 0.1) is 0 Å². The van der Waals surface area contributed by atoms with Crippen LogP contribution < -0.4 is 0 Å². The van der Waals surface area contributed by atoms with E-state index >= 15 is 0 Å². The lowest BCUT2D eigenvalue weighted by Gasteiger charge is -2.41. The number of rotatable bonds is 2. The molecule has 0 N–H and O–H groups in total. The van der Waals surface area contributed by atoms with Crippen molar-refractivity contribution in [3.63, 3.8) is 0 Å². The molecule has 0 bridgehead atoms. The Labute approximate surface area is 93.6 Å². The lowest BCUT2D eigenvalue weighted by atomic mass is 9.95. The predicted molar refractivity (Wildman–Crippen MR) is 63.6 cm³/mol. The molecular formula is C13H22N2. The Bertz CT molecular complexity index is 249. The number of likely N-dealkylation sites (tertiary alicyclic amines) is 2. The summed E-state index contributed by atoms with van der Waals surface area (Å²) in [5, 5.41) is 0. The normalized spacial score (nSPS) is 25.7. The van der Waals surface area contributed by atoms with E-state index in [9.17, 15) is 0 Å². The smallest absolute Gasteiger partial charge is 0.0227 e. The maximum atomic E-state index is 3.31. The lowest BCUT2D eigenvalue weighted by Crippen LogP contribution is -2.50. The number of hydrogen-bond donors (Lipinski definition) is 0. The van der Waals surface area contributed by atoms with Crippen LogP contribution in [0.25, 0.3) is 0 Å². The minimum absolute atomic E-state index is 0.676. The van der Waals surface area contributed by atoms with E-state index in [-0.39, 0.29) is 0 Å². The molecule has 2 aliphatic heterocycles. The van der Waals surface area contributed by atoms with Gasteiger partial charge in [-0.05, 0) is 45.8 Å². The average Bonchev–Trinajstić information content (AvgIpc) is 2.19. The van der Waals surface area contributed by atoms with Crippen molar-refractivity contribution in [2.45, 2.75) is 19.8 Å². The molecule has 2 fully saturated rings. The molecule has 2 aliphatic rings. The molecule has 2 nitrogen and oxygen atoms in total. The Hall–Kier alpha value is -0.520. The average molecular weight is 206 g/mol. The quantitative estimate of drug-likeness (QED) is 0.628. The van der Waals surface area contributed by atoms with Crippen molar-refractivity contribution >= 4 is 0 Å². The van der Waals surface area contributed by atoms with Gasteiger partial charge in [-0.2, -0.15) is 0 Å². The van der Waals surface area contributed by atoms with Crippen LogP contribution in [-0.2, 0) is 0 Å². The highest BCUT2D eigenvalue weighted by Crippen LogP contribution is 2.20. The molecule has 15 heavy (non-hydrogen) atoms. The number of piperidine rings is 1. The first kappa shape index (κ1) is 11.0. The van der Waals surface area contributed by atoms with Crippen LogP contribution in [-0.4, -0.2) is 49.6 Å². The van der Waals surface area contributed by atoms with Crippen molar-refractivity contribution in [1.82, 2.24) is 9.80 Å². The lowest BCUT2D eigenvalue weighted by molar-refractivity contribution is 0.0785.